The van der Waals surface area contributed by atoms with Crippen LogP contribution in [0.2, 0.25) is 0 Å². The zero-order valence-electron chi connectivity index (χ0n) is 26.4. The number of aromatic hydroxyl groups is 2. The van der Waals surface area contributed by atoms with Gasteiger partial charge in [-0.25, -0.2) is 0 Å². The average Bonchev–Trinajstić information content (AvgIpc) is 3.32. The first-order valence-electron chi connectivity index (χ1n) is 15.3. The molecule has 1 atom stereocenters. The average molecular weight is 556 g/mol. The van der Waals surface area contributed by atoms with Crippen molar-refractivity contribution in [3.05, 3.63) is 76.3 Å². The number of unbranched alkanes of at least 4 members (excludes halogenated alkanes) is 4. The molecule has 1 unspecified atom stereocenters. The van der Waals surface area contributed by atoms with Crippen LogP contribution in [-0.2, 0) is 11.8 Å². The van der Waals surface area contributed by atoms with Crippen molar-refractivity contribution >= 4 is 11.0 Å². The van der Waals surface area contributed by atoms with E-state index in [2.05, 4.69) is 73.6 Å². The van der Waals surface area contributed by atoms with E-state index in [1.165, 1.54) is 37.7 Å². The molecule has 1 aromatic heterocycles. The van der Waals surface area contributed by atoms with Gasteiger partial charge in [0.2, 0.25) is 0 Å². The van der Waals surface area contributed by atoms with Gasteiger partial charge in [-0.05, 0) is 65.0 Å². The first-order chi connectivity index (χ1) is 19.3. The van der Waals surface area contributed by atoms with E-state index in [4.69, 9.17) is 10.2 Å². The molecule has 0 aliphatic rings. The molecule has 0 aliphatic heterocycles. The number of aryl methyl sites for hydroxylation is 1. The van der Waals surface area contributed by atoms with Gasteiger partial charge in [-0.3, -0.25) is 0 Å². The molecule has 0 amide bonds. The number of fused-ring (bicyclic) bond motifs is 1. The van der Waals surface area contributed by atoms with Crippen LogP contribution in [-0.4, -0.2) is 25.2 Å². The standard InChI is InChI=1S/C36H49N3O2/c1-9-10-11-12-13-16-28(35(3,4)5)25-21-27(22-26-19-24(2)20-29(33(26)40)36(6,7)8)34(41)32(23-25)39-37-30-17-14-15-18-31(30)38-39/h14-15,17-21,23,28,40-41H,9-13,16,22H2,1-8H3. The lowest BCUT2D eigenvalue weighted by molar-refractivity contribution is 0.297. The number of nitrogens with zero attached hydrogens (tertiary/aromatic N) is 3. The van der Waals surface area contributed by atoms with Crippen LogP contribution >= 0.6 is 0 Å². The normalized spacial score (nSPS) is 13.2. The van der Waals surface area contributed by atoms with E-state index < -0.39 is 0 Å². The van der Waals surface area contributed by atoms with Crippen molar-refractivity contribution in [3.8, 4) is 17.2 Å². The van der Waals surface area contributed by atoms with E-state index >= 15 is 0 Å². The lowest BCUT2D eigenvalue weighted by Gasteiger charge is -2.32. The third-order valence-electron chi connectivity index (χ3n) is 8.26. The molecule has 3 aromatic carbocycles. The number of aromatic nitrogens is 3. The minimum Gasteiger partial charge on any atom is -0.507 e. The summed E-state index contributed by atoms with van der Waals surface area (Å²) in [4.78, 5) is 1.57. The highest BCUT2D eigenvalue weighted by molar-refractivity contribution is 5.74. The SMILES string of the molecule is CCCCCCCC(c1cc(Cc2cc(C)cc(C(C)(C)C)c2O)c(O)c(-n2nc3ccccc3n2)c1)C(C)(C)C. The lowest BCUT2D eigenvalue weighted by atomic mass is 9.73. The van der Waals surface area contributed by atoms with Gasteiger partial charge in [-0.1, -0.05) is 116 Å². The molecule has 0 saturated heterocycles. The van der Waals surface area contributed by atoms with Crippen LogP contribution in [0.15, 0.2) is 48.5 Å². The molecule has 0 spiro atoms. The monoisotopic (exact) mass is 555 g/mol. The van der Waals surface area contributed by atoms with Gasteiger partial charge in [-0.2, -0.15) is 0 Å². The summed E-state index contributed by atoms with van der Waals surface area (Å²) < 4.78 is 0. The number of benzene rings is 3. The van der Waals surface area contributed by atoms with Gasteiger partial charge in [0.15, 0.2) is 0 Å². The highest BCUT2D eigenvalue weighted by Gasteiger charge is 2.29. The van der Waals surface area contributed by atoms with E-state index in [0.29, 0.717) is 23.8 Å². The van der Waals surface area contributed by atoms with E-state index in [-0.39, 0.29) is 16.6 Å². The predicted molar refractivity (Wildman–Crippen MR) is 170 cm³/mol. The first kappa shape index (κ1) is 30.6. The van der Waals surface area contributed by atoms with Gasteiger partial charge in [0, 0.05) is 12.0 Å². The second-order valence-electron chi connectivity index (χ2n) is 13.9. The Labute approximate surface area is 246 Å². The van der Waals surface area contributed by atoms with Crippen LogP contribution in [0.4, 0.5) is 0 Å². The Hall–Kier alpha value is -3.34. The lowest BCUT2D eigenvalue weighted by Crippen LogP contribution is -2.19. The quantitative estimate of drug-likeness (QED) is 0.191. The van der Waals surface area contributed by atoms with Crippen molar-refractivity contribution in [2.45, 2.75) is 112 Å². The largest absolute Gasteiger partial charge is 0.507 e. The minimum atomic E-state index is -0.200. The zero-order chi connectivity index (χ0) is 29.9. The summed E-state index contributed by atoms with van der Waals surface area (Å²) in [7, 11) is 0. The summed E-state index contributed by atoms with van der Waals surface area (Å²) in [6.45, 7) is 17.6. The number of hydrogen-bond acceptors (Lipinski definition) is 4. The highest BCUT2D eigenvalue weighted by Crippen LogP contribution is 2.43. The Morgan fingerprint density at radius 1 is 0.780 bits per heavy atom. The van der Waals surface area contributed by atoms with Gasteiger partial charge in [-0.15, -0.1) is 15.0 Å². The number of rotatable bonds is 10. The van der Waals surface area contributed by atoms with Crippen molar-refractivity contribution in [2.24, 2.45) is 5.41 Å². The summed E-state index contributed by atoms with van der Waals surface area (Å²) in [5, 5.41) is 32.5. The zero-order valence-corrected chi connectivity index (χ0v) is 26.4. The molecule has 41 heavy (non-hydrogen) atoms. The summed E-state index contributed by atoms with van der Waals surface area (Å²) >= 11 is 0. The topological polar surface area (TPSA) is 71.2 Å². The van der Waals surface area contributed by atoms with E-state index in [0.717, 1.165) is 39.7 Å². The predicted octanol–water partition coefficient (Wildman–Crippen LogP) is 9.52. The third-order valence-corrected chi connectivity index (χ3v) is 8.26. The second kappa shape index (κ2) is 12.3. The molecule has 2 N–H and O–H groups in total. The van der Waals surface area contributed by atoms with Crippen molar-refractivity contribution < 1.29 is 10.2 Å². The van der Waals surface area contributed by atoms with Gasteiger partial charge in [0.25, 0.3) is 0 Å². The Kier molecular flexibility index (Phi) is 9.16. The molecule has 0 aliphatic carbocycles. The van der Waals surface area contributed by atoms with Gasteiger partial charge >= 0.3 is 0 Å². The summed E-state index contributed by atoms with van der Waals surface area (Å²) in [5.74, 6) is 0.757. The molecule has 4 aromatic rings. The van der Waals surface area contributed by atoms with Gasteiger partial charge in [0.1, 0.15) is 28.2 Å². The molecule has 1 heterocycles. The van der Waals surface area contributed by atoms with Crippen LogP contribution in [0.5, 0.6) is 11.5 Å². The molecule has 4 rings (SSSR count). The Balaban J connectivity index is 1.85. The fourth-order valence-corrected chi connectivity index (χ4v) is 5.98. The molecule has 0 bridgehead atoms. The van der Waals surface area contributed by atoms with Crippen LogP contribution in [0.1, 0.15) is 121 Å². The van der Waals surface area contributed by atoms with Crippen LogP contribution in [0, 0.1) is 12.3 Å². The number of phenols is 2. The molecule has 5 nitrogen and oxygen atoms in total. The maximum atomic E-state index is 11.7. The smallest absolute Gasteiger partial charge is 0.146 e. The summed E-state index contributed by atoms with van der Waals surface area (Å²) in [5.41, 5.74) is 6.77. The summed E-state index contributed by atoms with van der Waals surface area (Å²) in [6.07, 6.45) is 7.69. The Morgan fingerprint density at radius 2 is 1.39 bits per heavy atom. The minimum absolute atomic E-state index is 0.0312. The highest BCUT2D eigenvalue weighted by atomic mass is 16.3. The molecule has 220 valence electrons. The fourth-order valence-electron chi connectivity index (χ4n) is 5.98. The second-order valence-corrected chi connectivity index (χ2v) is 13.9. The molecular formula is C36H49N3O2. The van der Waals surface area contributed by atoms with E-state index in [9.17, 15) is 10.2 Å². The van der Waals surface area contributed by atoms with E-state index in [1.807, 2.05) is 30.3 Å². The van der Waals surface area contributed by atoms with Crippen LogP contribution < -0.4 is 0 Å². The summed E-state index contributed by atoms with van der Waals surface area (Å²) in [6, 6.07) is 16.1. The fraction of sp³-hybridized carbons (Fsp3) is 0.500. The van der Waals surface area contributed by atoms with Crippen LogP contribution in [0.3, 0.4) is 0 Å². The molecule has 0 fully saturated rings. The van der Waals surface area contributed by atoms with Gasteiger partial charge in [0.05, 0.1) is 0 Å². The van der Waals surface area contributed by atoms with Crippen LogP contribution in [0.25, 0.3) is 16.7 Å². The molecule has 0 radical (unpaired) electrons. The maximum absolute atomic E-state index is 11.7. The Bertz CT molecular complexity index is 1450. The Morgan fingerprint density at radius 3 is 1.98 bits per heavy atom. The number of hydrogen-bond donors (Lipinski definition) is 2. The molecule has 5 heteroatoms. The van der Waals surface area contributed by atoms with E-state index in [1.54, 1.807) is 4.80 Å². The van der Waals surface area contributed by atoms with Crippen molar-refractivity contribution in [2.75, 3.05) is 0 Å². The van der Waals surface area contributed by atoms with Crippen molar-refractivity contribution in [1.29, 1.82) is 0 Å². The third kappa shape index (κ3) is 7.12. The molecular weight excluding hydrogens is 506 g/mol. The molecule has 0 saturated carbocycles. The first-order valence-corrected chi connectivity index (χ1v) is 15.3. The van der Waals surface area contributed by atoms with Crippen molar-refractivity contribution in [3.63, 3.8) is 0 Å². The van der Waals surface area contributed by atoms with Crippen molar-refractivity contribution in [1.82, 2.24) is 15.0 Å². The number of phenolic OH excluding ortho intramolecular Hbond substituents is 2. The maximum Gasteiger partial charge on any atom is 0.146 e. The van der Waals surface area contributed by atoms with Gasteiger partial charge < -0.3 is 10.2 Å².